The number of nitrogens with one attached hydrogen (secondary N) is 1. The van der Waals surface area contributed by atoms with Crippen LogP contribution in [-0.4, -0.2) is 4.98 Å². The molecule has 0 saturated carbocycles. The third-order valence-electron chi connectivity index (χ3n) is 5.27. The molecule has 0 amide bonds. The average molecular weight is 301 g/mol. The molecule has 0 bridgehead atoms. The van der Waals surface area contributed by atoms with Gasteiger partial charge in [-0.1, -0.05) is 62.4 Å². The van der Waals surface area contributed by atoms with Crippen molar-refractivity contribution in [1.82, 2.24) is 4.98 Å². The van der Waals surface area contributed by atoms with Crippen LogP contribution in [0.3, 0.4) is 0 Å². The van der Waals surface area contributed by atoms with Crippen molar-refractivity contribution in [3.63, 3.8) is 0 Å². The molecular weight excluding hydrogens is 285 g/mol. The minimum atomic E-state index is -0.194. The number of para-hydroxylation sites is 1. The molecule has 1 heterocycles. The number of halogens is 1. The number of benzene rings is 3. The van der Waals surface area contributed by atoms with E-state index in [2.05, 4.69) is 55.2 Å². The van der Waals surface area contributed by atoms with Gasteiger partial charge < -0.3 is 4.98 Å². The molecule has 5 rings (SSSR count). The van der Waals surface area contributed by atoms with Crippen LogP contribution in [0.2, 0.25) is 0 Å². The Morgan fingerprint density at radius 1 is 0.783 bits per heavy atom. The summed E-state index contributed by atoms with van der Waals surface area (Å²) in [5, 5.41) is 2.05. The predicted octanol–water partition coefficient (Wildman–Crippen LogP) is 5.77. The molecule has 1 aliphatic rings. The van der Waals surface area contributed by atoms with E-state index in [1.807, 2.05) is 6.07 Å². The first-order valence-corrected chi connectivity index (χ1v) is 7.92. The van der Waals surface area contributed by atoms with Gasteiger partial charge in [-0.25, -0.2) is 4.39 Å². The number of fused-ring (bicyclic) bond motifs is 7. The van der Waals surface area contributed by atoms with Gasteiger partial charge in [0.1, 0.15) is 5.82 Å². The van der Waals surface area contributed by atoms with Gasteiger partial charge in [-0.15, -0.1) is 0 Å². The lowest BCUT2D eigenvalue weighted by Crippen LogP contribution is -2.15. The normalized spacial score (nSPS) is 15.1. The highest BCUT2D eigenvalue weighted by Crippen LogP contribution is 2.51. The summed E-state index contributed by atoms with van der Waals surface area (Å²) in [6, 6.07) is 18.1. The van der Waals surface area contributed by atoms with Crippen molar-refractivity contribution in [2.24, 2.45) is 0 Å². The van der Waals surface area contributed by atoms with Crippen LogP contribution in [0.25, 0.3) is 32.9 Å². The standard InChI is InChI=1S/C21H16FN/c1-21(2)16-8-4-3-6-12(16)13-10-11-15-14-7-5-9-17(22)19(14)23-20(15)18(13)21/h3-11,23H,1-2H3. The maximum atomic E-state index is 14.2. The van der Waals surface area contributed by atoms with Gasteiger partial charge in [0.05, 0.1) is 11.0 Å². The number of H-pyrrole nitrogens is 1. The third kappa shape index (κ3) is 1.46. The van der Waals surface area contributed by atoms with Gasteiger partial charge >= 0.3 is 0 Å². The summed E-state index contributed by atoms with van der Waals surface area (Å²) in [4.78, 5) is 3.36. The van der Waals surface area contributed by atoms with Crippen LogP contribution in [0.1, 0.15) is 25.0 Å². The van der Waals surface area contributed by atoms with Gasteiger partial charge in [0.2, 0.25) is 0 Å². The van der Waals surface area contributed by atoms with Crippen molar-refractivity contribution in [1.29, 1.82) is 0 Å². The second-order valence-corrected chi connectivity index (χ2v) is 6.87. The molecule has 1 nitrogen and oxygen atoms in total. The molecule has 0 atom stereocenters. The van der Waals surface area contributed by atoms with Crippen molar-refractivity contribution in [2.45, 2.75) is 19.3 Å². The Balaban J connectivity index is 1.99. The Hall–Kier alpha value is -2.61. The summed E-state index contributed by atoms with van der Waals surface area (Å²) < 4.78 is 14.2. The topological polar surface area (TPSA) is 15.8 Å². The molecule has 112 valence electrons. The van der Waals surface area contributed by atoms with Gasteiger partial charge in [-0.2, -0.15) is 0 Å². The van der Waals surface area contributed by atoms with Crippen molar-refractivity contribution < 1.29 is 4.39 Å². The van der Waals surface area contributed by atoms with Gasteiger partial charge in [-0.05, 0) is 28.3 Å². The highest BCUT2D eigenvalue weighted by molar-refractivity contribution is 6.11. The van der Waals surface area contributed by atoms with E-state index in [4.69, 9.17) is 0 Å². The molecule has 23 heavy (non-hydrogen) atoms. The first-order chi connectivity index (χ1) is 11.1. The highest BCUT2D eigenvalue weighted by atomic mass is 19.1. The zero-order valence-corrected chi connectivity index (χ0v) is 13.1. The van der Waals surface area contributed by atoms with Crippen LogP contribution < -0.4 is 0 Å². The molecule has 2 heteroatoms. The van der Waals surface area contributed by atoms with E-state index in [1.54, 1.807) is 6.07 Å². The number of aromatic nitrogens is 1. The van der Waals surface area contributed by atoms with E-state index in [9.17, 15) is 4.39 Å². The molecule has 3 aromatic carbocycles. The number of hydrogen-bond acceptors (Lipinski definition) is 0. The maximum Gasteiger partial charge on any atom is 0.147 e. The molecule has 0 radical (unpaired) electrons. The molecule has 0 saturated heterocycles. The second-order valence-electron chi connectivity index (χ2n) is 6.87. The Morgan fingerprint density at radius 3 is 2.43 bits per heavy atom. The van der Waals surface area contributed by atoms with Crippen molar-refractivity contribution in [3.05, 3.63) is 71.5 Å². The minimum absolute atomic E-state index is 0.0945. The number of hydrogen-bond donors (Lipinski definition) is 1. The fourth-order valence-corrected chi connectivity index (χ4v) is 4.23. The molecule has 0 unspecified atom stereocenters. The molecule has 1 N–H and O–H groups in total. The monoisotopic (exact) mass is 301 g/mol. The van der Waals surface area contributed by atoms with Crippen LogP contribution in [0.5, 0.6) is 0 Å². The molecule has 4 aromatic rings. The summed E-state index contributed by atoms with van der Waals surface area (Å²) in [6.45, 7) is 4.50. The summed E-state index contributed by atoms with van der Waals surface area (Å²) in [5.74, 6) is -0.194. The fourth-order valence-electron chi connectivity index (χ4n) is 4.23. The summed E-state index contributed by atoms with van der Waals surface area (Å²) in [5.41, 5.74) is 6.71. The van der Waals surface area contributed by atoms with E-state index in [0.717, 1.165) is 16.3 Å². The first kappa shape index (κ1) is 12.9. The Kier molecular flexibility index (Phi) is 2.25. The van der Waals surface area contributed by atoms with Crippen molar-refractivity contribution in [3.8, 4) is 11.1 Å². The average Bonchev–Trinajstić information content (AvgIpc) is 3.03. The smallest absolute Gasteiger partial charge is 0.147 e. The fraction of sp³-hybridized carbons (Fsp3) is 0.143. The van der Waals surface area contributed by atoms with E-state index in [-0.39, 0.29) is 11.2 Å². The van der Waals surface area contributed by atoms with Crippen LogP contribution in [0.15, 0.2) is 54.6 Å². The van der Waals surface area contributed by atoms with Crippen LogP contribution in [-0.2, 0) is 5.41 Å². The largest absolute Gasteiger partial charge is 0.352 e. The summed E-state index contributed by atoms with van der Waals surface area (Å²) >= 11 is 0. The molecule has 1 aromatic heterocycles. The maximum absolute atomic E-state index is 14.2. The molecule has 0 fully saturated rings. The lowest BCUT2D eigenvalue weighted by atomic mass is 9.81. The third-order valence-corrected chi connectivity index (χ3v) is 5.27. The SMILES string of the molecule is CC1(C)c2ccccc2-c2ccc3c([nH]c4c(F)cccc43)c21. The lowest BCUT2D eigenvalue weighted by molar-refractivity contribution is 0.637. The number of aromatic amines is 1. The summed E-state index contributed by atoms with van der Waals surface area (Å²) in [7, 11) is 0. The van der Waals surface area contributed by atoms with E-state index >= 15 is 0 Å². The number of rotatable bonds is 0. The zero-order valence-electron chi connectivity index (χ0n) is 13.1. The van der Waals surface area contributed by atoms with E-state index < -0.39 is 0 Å². The van der Waals surface area contributed by atoms with E-state index in [0.29, 0.717) is 5.52 Å². The Bertz CT molecular complexity index is 1100. The van der Waals surface area contributed by atoms with Gasteiger partial charge in [0, 0.05) is 16.2 Å². The van der Waals surface area contributed by atoms with Gasteiger partial charge in [0.15, 0.2) is 0 Å². The van der Waals surface area contributed by atoms with Crippen LogP contribution >= 0.6 is 0 Å². The Labute approximate surface area is 133 Å². The molecule has 0 spiro atoms. The second kappa shape index (κ2) is 4.02. The van der Waals surface area contributed by atoms with Crippen LogP contribution in [0, 0.1) is 5.82 Å². The van der Waals surface area contributed by atoms with Crippen molar-refractivity contribution in [2.75, 3.05) is 0 Å². The minimum Gasteiger partial charge on any atom is -0.352 e. The predicted molar refractivity (Wildman–Crippen MR) is 93.3 cm³/mol. The molecule has 0 aliphatic heterocycles. The van der Waals surface area contributed by atoms with Gasteiger partial charge in [-0.3, -0.25) is 0 Å². The van der Waals surface area contributed by atoms with Crippen molar-refractivity contribution >= 4 is 21.8 Å². The quantitative estimate of drug-likeness (QED) is 0.424. The molecule has 1 aliphatic carbocycles. The summed E-state index contributed by atoms with van der Waals surface area (Å²) in [6.07, 6.45) is 0. The zero-order chi connectivity index (χ0) is 15.8. The van der Waals surface area contributed by atoms with Gasteiger partial charge in [0.25, 0.3) is 0 Å². The Morgan fingerprint density at radius 2 is 1.57 bits per heavy atom. The van der Waals surface area contributed by atoms with E-state index in [1.165, 1.54) is 28.3 Å². The first-order valence-electron chi connectivity index (χ1n) is 7.92. The van der Waals surface area contributed by atoms with Crippen LogP contribution in [0.4, 0.5) is 4.39 Å². The lowest BCUT2D eigenvalue weighted by Gasteiger charge is -2.22. The highest BCUT2D eigenvalue weighted by Gasteiger charge is 2.37. The molecular formula is C21H16FN.